The number of thioether (sulfide) groups is 1. The maximum absolute atomic E-state index is 12.7. The Balaban J connectivity index is 1.51. The van der Waals surface area contributed by atoms with E-state index >= 15 is 0 Å². The van der Waals surface area contributed by atoms with Gasteiger partial charge in [0.1, 0.15) is 0 Å². The van der Waals surface area contributed by atoms with Crippen molar-refractivity contribution in [3.05, 3.63) is 52.3 Å². The van der Waals surface area contributed by atoms with Crippen LogP contribution in [0, 0.1) is 0 Å². The lowest BCUT2D eigenvalue weighted by Gasteiger charge is -2.28. The Hall–Kier alpha value is -2.61. The van der Waals surface area contributed by atoms with Gasteiger partial charge in [-0.2, -0.15) is 0 Å². The average Bonchev–Trinajstić information content (AvgIpc) is 3.08. The number of carbonyl (C=O) groups excluding carboxylic acids is 1. The highest BCUT2D eigenvalue weighted by Crippen LogP contribution is 2.24. The maximum Gasteiger partial charge on any atom is 0.259 e. The number of fused-ring (bicyclic) bond motifs is 2. The molecule has 1 aromatic carbocycles. The number of rotatable bonds is 3. The lowest BCUT2D eigenvalue weighted by atomic mass is 10.1. The Labute approximate surface area is 147 Å². The van der Waals surface area contributed by atoms with Crippen LogP contribution < -0.4 is 5.56 Å². The minimum Gasteiger partial charge on any atom is -0.347 e. The SMILES string of the molecule is C[C@H](Sc1nc2ccccc2c(=O)[nH]1)C(=O)N1CCc2nc[nH]c2C1. The molecule has 1 atom stereocenters. The maximum atomic E-state index is 12.7. The predicted octanol–water partition coefficient (Wildman–Crippen LogP) is 1.71. The number of amides is 1. The number of nitrogens with one attached hydrogen (secondary N) is 2. The largest absolute Gasteiger partial charge is 0.347 e. The first-order valence-corrected chi connectivity index (χ1v) is 8.95. The number of aromatic nitrogens is 4. The van der Waals surface area contributed by atoms with E-state index in [0.717, 1.165) is 17.8 Å². The zero-order valence-corrected chi connectivity index (χ0v) is 14.5. The Morgan fingerprint density at radius 3 is 3.08 bits per heavy atom. The first kappa shape index (κ1) is 15.9. The van der Waals surface area contributed by atoms with Crippen LogP contribution in [-0.2, 0) is 17.8 Å². The van der Waals surface area contributed by atoms with E-state index in [-0.39, 0.29) is 16.7 Å². The first-order chi connectivity index (χ1) is 12.1. The van der Waals surface area contributed by atoms with Gasteiger partial charge in [-0.1, -0.05) is 23.9 Å². The van der Waals surface area contributed by atoms with Gasteiger partial charge >= 0.3 is 0 Å². The first-order valence-electron chi connectivity index (χ1n) is 8.07. The van der Waals surface area contributed by atoms with E-state index in [9.17, 15) is 9.59 Å². The molecule has 3 aromatic rings. The van der Waals surface area contributed by atoms with Gasteiger partial charge in [-0.3, -0.25) is 9.59 Å². The smallest absolute Gasteiger partial charge is 0.259 e. The standard InChI is InChI=1S/C17H17N5O2S/c1-10(16(24)22-7-6-13-14(8-22)19-9-18-13)25-17-20-12-5-3-2-4-11(12)15(23)21-17/h2-5,9-10H,6-8H2,1H3,(H,18,19)(H,20,21,23)/t10-/m0/s1. The number of hydrogen-bond acceptors (Lipinski definition) is 5. The van der Waals surface area contributed by atoms with E-state index in [4.69, 9.17) is 0 Å². The Morgan fingerprint density at radius 2 is 2.20 bits per heavy atom. The number of aromatic amines is 2. The lowest BCUT2D eigenvalue weighted by Crippen LogP contribution is -2.40. The minimum atomic E-state index is -0.339. The van der Waals surface area contributed by atoms with Gasteiger partial charge in [-0.15, -0.1) is 0 Å². The zero-order chi connectivity index (χ0) is 17.4. The number of carbonyl (C=O) groups is 1. The van der Waals surface area contributed by atoms with E-state index in [0.29, 0.717) is 29.1 Å². The number of imidazole rings is 1. The molecule has 1 aliphatic heterocycles. The van der Waals surface area contributed by atoms with Crippen molar-refractivity contribution in [1.29, 1.82) is 0 Å². The zero-order valence-electron chi connectivity index (χ0n) is 13.7. The number of H-pyrrole nitrogens is 2. The van der Waals surface area contributed by atoms with Crippen molar-refractivity contribution < 1.29 is 4.79 Å². The fourth-order valence-electron chi connectivity index (χ4n) is 3.00. The molecule has 128 valence electrons. The summed E-state index contributed by atoms with van der Waals surface area (Å²) in [5, 5.41) is 0.672. The van der Waals surface area contributed by atoms with Gasteiger partial charge in [0.2, 0.25) is 5.91 Å². The van der Waals surface area contributed by atoms with Gasteiger partial charge in [0.15, 0.2) is 5.16 Å². The van der Waals surface area contributed by atoms with Gasteiger partial charge in [-0.05, 0) is 19.1 Å². The molecule has 0 saturated carbocycles. The molecule has 1 aliphatic rings. The minimum absolute atomic E-state index is 0.0288. The number of benzene rings is 1. The van der Waals surface area contributed by atoms with E-state index in [1.165, 1.54) is 11.8 Å². The third kappa shape index (κ3) is 3.05. The van der Waals surface area contributed by atoms with Crippen molar-refractivity contribution in [2.75, 3.05) is 6.54 Å². The summed E-state index contributed by atoms with van der Waals surface area (Å²) in [6.45, 7) is 3.04. The van der Waals surface area contributed by atoms with Crippen LogP contribution in [0.3, 0.4) is 0 Å². The quantitative estimate of drug-likeness (QED) is 0.551. The monoisotopic (exact) mass is 355 g/mol. The van der Waals surface area contributed by atoms with Crippen molar-refractivity contribution in [2.24, 2.45) is 0 Å². The van der Waals surface area contributed by atoms with Gasteiger partial charge in [0, 0.05) is 13.0 Å². The number of nitrogens with zero attached hydrogens (tertiary/aromatic N) is 3. The van der Waals surface area contributed by atoms with Crippen molar-refractivity contribution in [3.63, 3.8) is 0 Å². The Bertz CT molecular complexity index is 996. The lowest BCUT2D eigenvalue weighted by molar-refractivity contribution is -0.131. The summed E-state index contributed by atoms with van der Waals surface area (Å²) < 4.78 is 0. The molecule has 7 nitrogen and oxygen atoms in total. The molecular weight excluding hydrogens is 338 g/mol. The molecule has 2 N–H and O–H groups in total. The molecule has 0 unspecified atom stereocenters. The van der Waals surface area contributed by atoms with Crippen LogP contribution in [0.15, 0.2) is 40.5 Å². The third-order valence-electron chi connectivity index (χ3n) is 4.31. The molecule has 0 saturated heterocycles. The predicted molar refractivity (Wildman–Crippen MR) is 95.4 cm³/mol. The molecule has 0 aliphatic carbocycles. The van der Waals surface area contributed by atoms with Crippen LogP contribution in [0.1, 0.15) is 18.3 Å². The van der Waals surface area contributed by atoms with Gasteiger partial charge in [0.05, 0.1) is 40.4 Å². The van der Waals surface area contributed by atoms with Crippen LogP contribution in [0.2, 0.25) is 0 Å². The van der Waals surface area contributed by atoms with Gasteiger partial charge in [-0.25, -0.2) is 9.97 Å². The van der Waals surface area contributed by atoms with Crippen molar-refractivity contribution in [1.82, 2.24) is 24.8 Å². The van der Waals surface area contributed by atoms with Gasteiger partial charge < -0.3 is 14.9 Å². The topological polar surface area (TPSA) is 94.7 Å². The average molecular weight is 355 g/mol. The van der Waals surface area contributed by atoms with E-state index in [1.807, 2.05) is 17.9 Å². The molecule has 2 aromatic heterocycles. The van der Waals surface area contributed by atoms with E-state index in [1.54, 1.807) is 24.5 Å². The summed E-state index contributed by atoms with van der Waals surface area (Å²) in [6, 6.07) is 7.18. The molecule has 8 heteroatoms. The second kappa shape index (κ2) is 6.36. The molecule has 0 spiro atoms. The summed E-state index contributed by atoms with van der Waals surface area (Å²) >= 11 is 1.27. The highest BCUT2D eigenvalue weighted by Gasteiger charge is 2.27. The van der Waals surface area contributed by atoms with Crippen LogP contribution >= 0.6 is 11.8 Å². The molecule has 25 heavy (non-hydrogen) atoms. The summed E-state index contributed by atoms with van der Waals surface area (Å²) in [6.07, 6.45) is 2.42. The van der Waals surface area contributed by atoms with Crippen molar-refractivity contribution in [3.8, 4) is 0 Å². The van der Waals surface area contributed by atoms with Crippen LogP contribution in [0.25, 0.3) is 10.9 Å². The van der Waals surface area contributed by atoms with Gasteiger partial charge in [0.25, 0.3) is 5.56 Å². The summed E-state index contributed by atoms with van der Waals surface area (Å²) in [7, 11) is 0. The second-order valence-corrected chi connectivity index (χ2v) is 7.32. The van der Waals surface area contributed by atoms with Crippen LogP contribution in [0.5, 0.6) is 0 Å². The molecule has 0 bridgehead atoms. The Morgan fingerprint density at radius 1 is 1.36 bits per heavy atom. The Kier molecular flexibility index (Phi) is 4.04. The van der Waals surface area contributed by atoms with Crippen LogP contribution in [-0.4, -0.2) is 42.5 Å². The number of hydrogen-bond donors (Lipinski definition) is 2. The molecule has 1 amide bonds. The van der Waals surface area contributed by atoms with Crippen molar-refractivity contribution in [2.45, 2.75) is 30.3 Å². The second-order valence-electron chi connectivity index (χ2n) is 5.99. The summed E-state index contributed by atoms with van der Waals surface area (Å²) in [4.78, 5) is 41.2. The summed E-state index contributed by atoms with van der Waals surface area (Å²) in [5.74, 6) is 0.0288. The van der Waals surface area contributed by atoms with E-state index in [2.05, 4.69) is 19.9 Å². The normalized spacial score (nSPS) is 15.2. The van der Waals surface area contributed by atoms with E-state index < -0.39 is 0 Å². The van der Waals surface area contributed by atoms with Crippen molar-refractivity contribution >= 4 is 28.6 Å². The third-order valence-corrected chi connectivity index (χ3v) is 5.29. The fraction of sp³-hybridized carbons (Fsp3) is 0.294. The molecular formula is C17H17N5O2S. The molecule has 4 rings (SSSR count). The van der Waals surface area contributed by atoms with Crippen LogP contribution in [0.4, 0.5) is 0 Å². The highest BCUT2D eigenvalue weighted by atomic mass is 32.2. The molecule has 0 fully saturated rings. The molecule has 3 heterocycles. The highest BCUT2D eigenvalue weighted by molar-refractivity contribution is 8.00. The fourth-order valence-corrected chi connectivity index (χ4v) is 3.88. The number of para-hydroxylation sites is 1. The summed E-state index contributed by atoms with van der Waals surface area (Å²) in [5.41, 5.74) is 2.47. The molecule has 0 radical (unpaired) electrons.